The minimum atomic E-state index is -0.730. The Labute approximate surface area is 187 Å². The van der Waals surface area contributed by atoms with Gasteiger partial charge in [-0.05, 0) is 68.4 Å². The van der Waals surface area contributed by atoms with Crippen LogP contribution in [-0.4, -0.2) is 44.0 Å². The molecule has 5 rings (SSSR count). The average molecular weight is 443 g/mol. The van der Waals surface area contributed by atoms with Crippen LogP contribution in [-0.2, 0) is 19.1 Å². The van der Waals surface area contributed by atoms with E-state index in [9.17, 15) is 19.2 Å². The van der Waals surface area contributed by atoms with E-state index in [1.807, 2.05) is 0 Å². The Balaban J connectivity index is 1.17. The molecule has 0 aromatic heterocycles. The lowest BCUT2D eigenvalue weighted by Gasteiger charge is -2.55. The summed E-state index contributed by atoms with van der Waals surface area (Å²) in [5, 5.41) is 5.09. The van der Waals surface area contributed by atoms with Crippen LogP contribution in [0.2, 0.25) is 0 Å². The Morgan fingerprint density at radius 3 is 2.25 bits per heavy atom. The van der Waals surface area contributed by atoms with E-state index in [0.717, 1.165) is 19.3 Å². The van der Waals surface area contributed by atoms with Gasteiger partial charge in [0.25, 0.3) is 11.8 Å². The lowest BCUT2D eigenvalue weighted by atomic mass is 9.49. The summed E-state index contributed by atoms with van der Waals surface area (Å²) < 4.78 is 10.0. The zero-order valence-corrected chi connectivity index (χ0v) is 18.4. The van der Waals surface area contributed by atoms with Crippen molar-refractivity contribution in [1.29, 1.82) is 0 Å². The van der Waals surface area contributed by atoms with Crippen LogP contribution in [0.3, 0.4) is 0 Å². The molecule has 2 N–H and O–H groups in total. The number of carbonyl (C=O) groups is 4. The number of hydrogen-bond acceptors (Lipinski definition) is 6. The minimum absolute atomic E-state index is 0.0220. The SMILES string of the molecule is COc1ccccc1C(=O)NC(=O)COC(=O)CCNC(=O)C12CC3CC(CC(C3)C1)C2. The summed E-state index contributed by atoms with van der Waals surface area (Å²) in [6, 6.07) is 6.50. The monoisotopic (exact) mass is 442 g/mol. The number of benzene rings is 1. The highest BCUT2D eigenvalue weighted by molar-refractivity contribution is 6.06. The molecule has 0 saturated heterocycles. The number of nitrogens with one attached hydrogen (secondary N) is 2. The quantitative estimate of drug-likeness (QED) is 0.598. The highest BCUT2D eigenvalue weighted by Crippen LogP contribution is 2.60. The summed E-state index contributed by atoms with van der Waals surface area (Å²) in [4.78, 5) is 49.0. The number of methoxy groups -OCH3 is 1. The van der Waals surface area contributed by atoms with Crippen molar-refractivity contribution < 1.29 is 28.7 Å². The Hall–Kier alpha value is -2.90. The summed E-state index contributed by atoms with van der Waals surface area (Å²) in [6.45, 7) is -0.385. The first-order valence-electron chi connectivity index (χ1n) is 11.3. The molecule has 32 heavy (non-hydrogen) atoms. The lowest BCUT2D eigenvalue weighted by Crippen LogP contribution is -2.53. The van der Waals surface area contributed by atoms with Crippen molar-refractivity contribution in [3.63, 3.8) is 0 Å². The van der Waals surface area contributed by atoms with E-state index < -0.39 is 24.4 Å². The maximum Gasteiger partial charge on any atom is 0.308 e. The third-order valence-corrected chi connectivity index (χ3v) is 7.10. The molecule has 1 aromatic carbocycles. The second-order valence-electron chi connectivity index (χ2n) is 9.44. The third kappa shape index (κ3) is 4.79. The molecule has 172 valence electrons. The normalized spacial score (nSPS) is 27.5. The van der Waals surface area contributed by atoms with Gasteiger partial charge in [-0.3, -0.25) is 24.5 Å². The molecule has 3 amide bonds. The number of ether oxygens (including phenoxy) is 2. The maximum absolute atomic E-state index is 12.9. The summed E-state index contributed by atoms with van der Waals surface area (Å²) >= 11 is 0. The first-order chi connectivity index (χ1) is 15.4. The first kappa shape index (κ1) is 22.3. The van der Waals surface area contributed by atoms with Gasteiger partial charge in [0.2, 0.25) is 5.91 Å². The summed E-state index contributed by atoms with van der Waals surface area (Å²) in [5.74, 6) is 0.458. The zero-order valence-electron chi connectivity index (χ0n) is 18.4. The van der Waals surface area contributed by atoms with Crippen molar-refractivity contribution in [1.82, 2.24) is 10.6 Å². The predicted molar refractivity (Wildman–Crippen MR) is 115 cm³/mol. The summed E-state index contributed by atoms with van der Waals surface area (Å²) in [7, 11) is 1.43. The standard InChI is InChI=1S/C24H30N2O6/c1-31-19-5-3-2-4-18(19)22(29)26-20(27)14-32-21(28)6-7-25-23(30)24-11-15-8-16(12-24)10-17(9-15)13-24/h2-5,15-17H,6-14H2,1H3,(H,25,30)(H,26,27,29). The van der Waals surface area contributed by atoms with E-state index in [2.05, 4.69) is 10.6 Å². The molecule has 0 aliphatic heterocycles. The van der Waals surface area contributed by atoms with Crippen LogP contribution >= 0.6 is 0 Å². The van der Waals surface area contributed by atoms with Crippen LogP contribution < -0.4 is 15.4 Å². The smallest absolute Gasteiger partial charge is 0.308 e. The van der Waals surface area contributed by atoms with Gasteiger partial charge in [-0.25, -0.2) is 0 Å². The molecule has 0 radical (unpaired) electrons. The molecular formula is C24H30N2O6. The van der Waals surface area contributed by atoms with Gasteiger partial charge in [0.05, 0.1) is 19.1 Å². The van der Waals surface area contributed by atoms with Crippen LogP contribution in [0.15, 0.2) is 24.3 Å². The molecule has 8 nitrogen and oxygen atoms in total. The number of para-hydroxylation sites is 1. The molecule has 0 heterocycles. The maximum atomic E-state index is 12.9. The van der Waals surface area contributed by atoms with E-state index >= 15 is 0 Å². The molecule has 4 bridgehead atoms. The van der Waals surface area contributed by atoms with Gasteiger partial charge in [0.15, 0.2) is 6.61 Å². The van der Waals surface area contributed by atoms with Crippen LogP contribution in [0.5, 0.6) is 5.75 Å². The van der Waals surface area contributed by atoms with Crippen LogP contribution in [0.25, 0.3) is 0 Å². The highest BCUT2D eigenvalue weighted by atomic mass is 16.5. The molecule has 1 aromatic rings. The van der Waals surface area contributed by atoms with Gasteiger partial charge in [0.1, 0.15) is 5.75 Å². The van der Waals surface area contributed by atoms with Crippen molar-refractivity contribution in [2.45, 2.75) is 44.9 Å². The Morgan fingerprint density at radius 2 is 1.62 bits per heavy atom. The second kappa shape index (κ2) is 9.30. The van der Waals surface area contributed by atoms with Gasteiger partial charge >= 0.3 is 5.97 Å². The van der Waals surface area contributed by atoms with Crippen LogP contribution in [0.4, 0.5) is 0 Å². The molecule has 0 atom stereocenters. The van der Waals surface area contributed by atoms with Gasteiger partial charge in [0, 0.05) is 12.0 Å². The number of esters is 1. The second-order valence-corrected chi connectivity index (χ2v) is 9.44. The molecule has 4 aliphatic rings. The minimum Gasteiger partial charge on any atom is -0.496 e. The predicted octanol–water partition coefficient (Wildman–Crippen LogP) is 2.22. The van der Waals surface area contributed by atoms with E-state index in [1.54, 1.807) is 18.2 Å². The van der Waals surface area contributed by atoms with E-state index in [-0.39, 0.29) is 29.9 Å². The molecule has 8 heteroatoms. The fraction of sp³-hybridized carbons (Fsp3) is 0.583. The van der Waals surface area contributed by atoms with Crippen LogP contribution in [0, 0.1) is 23.2 Å². The van der Waals surface area contributed by atoms with E-state index in [4.69, 9.17) is 9.47 Å². The zero-order chi connectivity index (χ0) is 22.7. The average Bonchev–Trinajstić information content (AvgIpc) is 2.76. The van der Waals surface area contributed by atoms with Gasteiger partial charge in [-0.1, -0.05) is 12.1 Å². The largest absolute Gasteiger partial charge is 0.496 e. The first-order valence-corrected chi connectivity index (χ1v) is 11.3. The number of imide groups is 1. The molecule has 4 saturated carbocycles. The van der Waals surface area contributed by atoms with E-state index in [0.29, 0.717) is 23.5 Å². The van der Waals surface area contributed by atoms with Crippen LogP contribution in [0.1, 0.15) is 55.3 Å². The molecule has 0 unspecified atom stereocenters. The van der Waals surface area contributed by atoms with Gasteiger partial charge in [-0.2, -0.15) is 0 Å². The number of carbonyl (C=O) groups excluding carboxylic acids is 4. The van der Waals surface area contributed by atoms with Gasteiger partial charge < -0.3 is 14.8 Å². The summed E-state index contributed by atoms with van der Waals surface area (Å²) in [6.07, 6.45) is 6.67. The fourth-order valence-electron chi connectivity index (χ4n) is 6.13. The van der Waals surface area contributed by atoms with Crippen molar-refractivity contribution in [3.8, 4) is 5.75 Å². The number of rotatable bonds is 8. The van der Waals surface area contributed by atoms with Crippen molar-refractivity contribution in [3.05, 3.63) is 29.8 Å². The fourth-order valence-corrected chi connectivity index (χ4v) is 6.13. The highest BCUT2D eigenvalue weighted by Gasteiger charge is 2.54. The third-order valence-electron chi connectivity index (χ3n) is 7.10. The van der Waals surface area contributed by atoms with Crippen molar-refractivity contribution >= 4 is 23.7 Å². The Kier molecular flexibility index (Phi) is 6.48. The molecular weight excluding hydrogens is 412 g/mol. The Bertz CT molecular complexity index is 876. The van der Waals surface area contributed by atoms with Gasteiger partial charge in [-0.15, -0.1) is 0 Å². The Morgan fingerprint density at radius 1 is 1.00 bits per heavy atom. The topological polar surface area (TPSA) is 111 Å². The van der Waals surface area contributed by atoms with E-state index in [1.165, 1.54) is 32.4 Å². The summed E-state index contributed by atoms with van der Waals surface area (Å²) in [5.41, 5.74) is -0.0423. The molecule has 4 aliphatic carbocycles. The molecule has 4 fully saturated rings. The number of hydrogen-bond donors (Lipinski definition) is 2. The van der Waals surface area contributed by atoms with Crippen molar-refractivity contribution in [2.75, 3.05) is 20.3 Å². The molecule has 0 spiro atoms. The van der Waals surface area contributed by atoms with Crippen molar-refractivity contribution in [2.24, 2.45) is 23.2 Å². The number of amides is 3. The lowest BCUT2D eigenvalue weighted by molar-refractivity contribution is -0.149.